The molecular weight excluding hydrogens is 444 g/mol. The van der Waals surface area contributed by atoms with Gasteiger partial charge in [-0.15, -0.1) is 0 Å². The lowest BCUT2D eigenvalue weighted by Crippen LogP contribution is -2.29. The smallest absolute Gasteiger partial charge is 0.307 e. The fraction of sp³-hybridized carbons (Fsp3) is 0.424. The van der Waals surface area contributed by atoms with Crippen LogP contribution in [0.3, 0.4) is 0 Å². The van der Waals surface area contributed by atoms with E-state index in [1.54, 1.807) is 0 Å². The number of aliphatic carboxylic acids is 1. The van der Waals surface area contributed by atoms with Gasteiger partial charge < -0.3 is 10.2 Å². The third kappa shape index (κ3) is 5.90. The second kappa shape index (κ2) is 11.0. The standard InChI is InChI=1S/C33H42O3/c1-8-33(9-2,27-15-14-26(22(3)18-27)21-30(34)32(5,6)7)28-16-17-29(23(4)19-28)25-12-10-24(11-13-25)20-31(35)36/h10-19,30,34H,8-9,20-21H2,1-7H3,(H,35,36). The van der Waals surface area contributed by atoms with Crippen LogP contribution < -0.4 is 0 Å². The van der Waals surface area contributed by atoms with E-state index in [0.717, 1.165) is 24.0 Å². The zero-order valence-electron chi connectivity index (χ0n) is 23.0. The van der Waals surface area contributed by atoms with Crippen molar-refractivity contribution in [1.82, 2.24) is 0 Å². The van der Waals surface area contributed by atoms with E-state index in [4.69, 9.17) is 5.11 Å². The Kier molecular flexibility index (Phi) is 8.46. The van der Waals surface area contributed by atoms with Gasteiger partial charge in [0.1, 0.15) is 0 Å². The monoisotopic (exact) mass is 486 g/mol. The summed E-state index contributed by atoms with van der Waals surface area (Å²) in [5.74, 6) is -0.813. The van der Waals surface area contributed by atoms with Crippen LogP contribution in [0.5, 0.6) is 0 Å². The van der Waals surface area contributed by atoms with Gasteiger partial charge in [-0.3, -0.25) is 4.79 Å². The molecule has 0 spiro atoms. The third-order valence-corrected chi connectivity index (χ3v) is 7.91. The van der Waals surface area contributed by atoms with Gasteiger partial charge in [-0.1, -0.05) is 95.3 Å². The Balaban J connectivity index is 1.95. The summed E-state index contributed by atoms with van der Waals surface area (Å²) >= 11 is 0. The van der Waals surface area contributed by atoms with Gasteiger partial charge in [-0.2, -0.15) is 0 Å². The predicted octanol–water partition coefficient (Wildman–Crippen LogP) is 7.65. The maximum absolute atomic E-state index is 11.0. The van der Waals surface area contributed by atoms with Gasteiger partial charge in [0.15, 0.2) is 0 Å². The van der Waals surface area contributed by atoms with Gasteiger partial charge in [0, 0.05) is 5.41 Å². The van der Waals surface area contributed by atoms with E-state index >= 15 is 0 Å². The second-order valence-electron chi connectivity index (χ2n) is 11.3. The molecule has 0 aliphatic heterocycles. The molecule has 3 heteroatoms. The summed E-state index contributed by atoms with van der Waals surface area (Å²) in [5.41, 5.74) is 9.16. The molecule has 0 saturated heterocycles. The molecular formula is C33H42O3. The van der Waals surface area contributed by atoms with Crippen LogP contribution in [0.1, 0.15) is 80.8 Å². The van der Waals surface area contributed by atoms with Gasteiger partial charge in [0.05, 0.1) is 12.5 Å². The first-order chi connectivity index (χ1) is 16.9. The Hall–Kier alpha value is -2.91. The topological polar surface area (TPSA) is 57.5 Å². The molecule has 0 saturated carbocycles. The van der Waals surface area contributed by atoms with Gasteiger partial charge in [-0.25, -0.2) is 0 Å². The lowest BCUT2D eigenvalue weighted by Gasteiger charge is -2.35. The number of carbonyl (C=O) groups is 1. The minimum Gasteiger partial charge on any atom is -0.481 e. The van der Waals surface area contributed by atoms with E-state index in [1.807, 2.05) is 24.3 Å². The zero-order chi connectivity index (χ0) is 26.7. The molecule has 3 aromatic carbocycles. The Morgan fingerprint density at radius 1 is 0.833 bits per heavy atom. The highest BCUT2D eigenvalue weighted by atomic mass is 16.4. The van der Waals surface area contributed by atoms with Crippen molar-refractivity contribution in [3.8, 4) is 11.1 Å². The lowest BCUT2D eigenvalue weighted by molar-refractivity contribution is -0.136. The first-order valence-corrected chi connectivity index (χ1v) is 13.1. The Morgan fingerprint density at radius 3 is 1.86 bits per heavy atom. The third-order valence-electron chi connectivity index (χ3n) is 7.91. The summed E-state index contributed by atoms with van der Waals surface area (Å²) < 4.78 is 0. The average Bonchev–Trinajstić information content (AvgIpc) is 2.81. The molecule has 0 fully saturated rings. The average molecular weight is 487 g/mol. The number of aryl methyl sites for hydroxylation is 2. The molecule has 0 bridgehead atoms. The summed E-state index contributed by atoms with van der Waals surface area (Å²) in [7, 11) is 0. The van der Waals surface area contributed by atoms with Gasteiger partial charge in [0.2, 0.25) is 0 Å². The molecule has 0 aromatic heterocycles. The van der Waals surface area contributed by atoms with Crippen molar-refractivity contribution in [2.24, 2.45) is 5.41 Å². The van der Waals surface area contributed by atoms with Crippen molar-refractivity contribution in [3.63, 3.8) is 0 Å². The number of aliphatic hydroxyl groups is 1. The van der Waals surface area contributed by atoms with E-state index in [0.29, 0.717) is 6.42 Å². The fourth-order valence-electron chi connectivity index (χ4n) is 5.23. The highest BCUT2D eigenvalue weighted by Crippen LogP contribution is 2.41. The van der Waals surface area contributed by atoms with Crippen LogP contribution in [0.2, 0.25) is 0 Å². The molecule has 192 valence electrons. The lowest BCUT2D eigenvalue weighted by atomic mass is 9.69. The maximum Gasteiger partial charge on any atom is 0.307 e. The first kappa shape index (κ1) is 27.7. The quantitative estimate of drug-likeness (QED) is 0.326. The first-order valence-electron chi connectivity index (χ1n) is 13.1. The maximum atomic E-state index is 11.0. The van der Waals surface area contributed by atoms with Crippen LogP contribution in [-0.4, -0.2) is 22.3 Å². The summed E-state index contributed by atoms with van der Waals surface area (Å²) in [6.07, 6.45) is 2.32. The number of carboxylic acids is 1. The van der Waals surface area contributed by atoms with E-state index in [1.165, 1.54) is 33.4 Å². The molecule has 0 heterocycles. The Labute approximate surface area is 217 Å². The molecule has 0 radical (unpaired) electrons. The highest BCUT2D eigenvalue weighted by molar-refractivity contribution is 5.72. The van der Waals surface area contributed by atoms with Gasteiger partial charge in [-0.05, 0) is 83.0 Å². The SMILES string of the molecule is CCC(CC)(c1ccc(CC(O)C(C)(C)C)c(C)c1)c1ccc(-c2ccc(CC(=O)O)cc2)c(C)c1. The zero-order valence-corrected chi connectivity index (χ0v) is 23.0. The molecule has 0 aliphatic carbocycles. The molecule has 1 unspecified atom stereocenters. The normalized spacial score (nSPS) is 13.0. The number of benzene rings is 3. The van der Waals surface area contributed by atoms with Crippen LogP contribution in [0, 0.1) is 19.3 Å². The van der Waals surface area contributed by atoms with Crippen LogP contribution in [0.25, 0.3) is 11.1 Å². The Morgan fingerprint density at radius 2 is 1.39 bits per heavy atom. The number of hydrogen-bond donors (Lipinski definition) is 2. The minimum absolute atomic E-state index is 0.0428. The van der Waals surface area contributed by atoms with Crippen molar-refractivity contribution in [2.45, 2.75) is 85.7 Å². The molecule has 3 rings (SSSR count). The molecule has 0 aliphatic rings. The van der Waals surface area contributed by atoms with E-state index in [2.05, 4.69) is 84.9 Å². The van der Waals surface area contributed by atoms with Crippen molar-refractivity contribution in [2.75, 3.05) is 0 Å². The summed E-state index contributed by atoms with van der Waals surface area (Å²) in [4.78, 5) is 11.0. The minimum atomic E-state index is -0.813. The van der Waals surface area contributed by atoms with Crippen LogP contribution >= 0.6 is 0 Å². The molecule has 2 N–H and O–H groups in total. The van der Waals surface area contributed by atoms with E-state index in [-0.39, 0.29) is 23.4 Å². The van der Waals surface area contributed by atoms with E-state index in [9.17, 15) is 9.90 Å². The fourth-order valence-corrected chi connectivity index (χ4v) is 5.23. The van der Waals surface area contributed by atoms with Crippen molar-refractivity contribution >= 4 is 5.97 Å². The van der Waals surface area contributed by atoms with Crippen LogP contribution in [-0.2, 0) is 23.1 Å². The van der Waals surface area contributed by atoms with Crippen molar-refractivity contribution in [3.05, 3.63) is 94.0 Å². The molecule has 3 aromatic rings. The largest absolute Gasteiger partial charge is 0.481 e. The number of rotatable bonds is 9. The number of hydrogen-bond acceptors (Lipinski definition) is 2. The van der Waals surface area contributed by atoms with E-state index < -0.39 is 5.97 Å². The van der Waals surface area contributed by atoms with Crippen molar-refractivity contribution in [1.29, 1.82) is 0 Å². The molecule has 0 amide bonds. The van der Waals surface area contributed by atoms with Gasteiger partial charge >= 0.3 is 5.97 Å². The number of carboxylic acid groups (broad SMARTS) is 1. The molecule has 36 heavy (non-hydrogen) atoms. The summed E-state index contributed by atoms with van der Waals surface area (Å²) in [6.45, 7) is 15.1. The molecule has 3 nitrogen and oxygen atoms in total. The Bertz CT molecular complexity index is 1190. The summed E-state index contributed by atoms with van der Waals surface area (Å²) in [5, 5.41) is 19.7. The second-order valence-corrected chi connectivity index (χ2v) is 11.3. The van der Waals surface area contributed by atoms with Crippen molar-refractivity contribution < 1.29 is 15.0 Å². The van der Waals surface area contributed by atoms with Crippen LogP contribution in [0.15, 0.2) is 60.7 Å². The summed E-state index contributed by atoms with van der Waals surface area (Å²) in [6, 6.07) is 21.4. The highest BCUT2D eigenvalue weighted by Gasteiger charge is 2.32. The van der Waals surface area contributed by atoms with Crippen LogP contribution in [0.4, 0.5) is 0 Å². The number of aliphatic hydroxyl groups excluding tert-OH is 1. The predicted molar refractivity (Wildman–Crippen MR) is 150 cm³/mol. The van der Waals surface area contributed by atoms with Gasteiger partial charge in [0.25, 0.3) is 0 Å². The molecule has 1 atom stereocenters.